The number of thiophene rings is 1. The van der Waals surface area contributed by atoms with E-state index in [4.69, 9.17) is 14.5 Å². The summed E-state index contributed by atoms with van der Waals surface area (Å²) in [4.78, 5) is 84.5. The standard InChI is InChI=1S/C44H46N8O7S/c1-5-28-23-44(28,41(56)51-50-37(53)27-17-16-25-11-6-7-12-26(25)21-27)49-38(54)33-22-30(24-52(33)40(55)35(43(2,3)4)47-42(57)59-29-13-10-14-29)58-39-34-31(18-20-60-34)46-36(48-39)32-15-8-9-19-45-32/h5-9,11-12,15-21,28-30,33,35H,1,10,13-14,22-24H2,2-4H3,(H,47,57)(H,49,54)(H,50,53)(H,51,56)/t28-,30-,33+,35-,44+/m1/s1. The number of hydrogen-bond donors (Lipinski definition) is 4. The van der Waals surface area contributed by atoms with Gasteiger partial charge in [-0.2, -0.15) is 4.98 Å². The van der Waals surface area contributed by atoms with E-state index >= 15 is 0 Å². The monoisotopic (exact) mass is 830 g/mol. The lowest BCUT2D eigenvalue weighted by Crippen LogP contribution is -2.61. The van der Waals surface area contributed by atoms with Crippen LogP contribution in [0.4, 0.5) is 4.79 Å². The number of carbonyl (C=O) groups excluding carboxylic acids is 5. The fourth-order valence-electron chi connectivity index (χ4n) is 7.63. The number of nitrogens with zero attached hydrogens (tertiary/aromatic N) is 4. The fourth-order valence-corrected chi connectivity index (χ4v) is 8.39. The van der Waals surface area contributed by atoms with Crippen molar-refractivity contribution in [1.29, 1.82) is 0 Å². The van der Waals surface area contributed by atoms with Crippen LogP contribution in [0.15, 0.2) is 91.0 Å². The van der Waals surface area contributed by atoms with Crippen LogP contribution in [0.5, 0.6) is 5.88 Å². The molecule has 60 heavy (non-hydrogen) atoms. The summed E-state index contributed by atoms with van der Waals surface area (Å²) < 4.78 is 12.8. The number of hydrogen-bond acceptors (Lipinski definition) is 11. The molecule has 0 bridgehead atoms. The molecule has 2 saturated carbocycles. The Morgan fingerprint density at radius 2 is 1.75 bits per heavy atom. The van der Waals surface area contributed by atoms with Crippen molar-refractivity contribution in [2.24, 2.45) is 11.3 Å². The van der Waals surface area contributed by atoms with Crippen molar-refractivity contribution in [2.45, 2.75) is 82.7 Å². The molecule has 4 N–H and O–H groups in total. The molecule has 16 heteroatoms. The molecule has 0 unspecified atom stereocenters. The van der Waals surface area contributed by atoms with Crippen LogP contribution in [0.2, 0.25) is 0 Å². The average molecular weight is 831 g/mol. The molecule has 3 aliphatic rings. The van der Waals surface area contributed by atoms with Gasteiger partial charge in [-0.3, -0.25) is 35.0 Å². The first-order valence-electron chi connectivity index (χ1n) is 20.0. The van der Waals surface area contributed by atoms with Gasteiger partial charge in [-0.25, -0.2) is 9.78 Å². The Kier molecular flexibility index (Phi) is 11.0. The van der Waals surface area contributed by atoms with Gasteiger partial charge in [0.05, 0.1) is 12.1 Å². The predicted octanol–water partition coefficient (Wildman–Crippen LogP) is 5.47. The smallest absolute Gasteiger partial charge is 0.408 e. The summed E-state index contributed by atoms with van der Waals surface area (Å²) in [7, 11) is 0. The number of carbonyl (C=O) groups is 5. The highest BCUT2D eigenvalue weighted by Crippen LogP contribution is 2.45. The zero-order valence-electron chi connectivity index (χ0n) is 33.5. The number of alkyl carbamates (subject to hydrolysis) is 1. The molecule has 5 atom stereocenters. The van der Waals surface area contributed by atoms with Crippen molar-refractivity contribution >= 4 is 62.0 Å². The molecule has 0 spiro atoms. The third kappa shape index (κ3) is 8.24. The van der Waals surface area contributed by atoms with Crippen LogP contribution in [0.25, 0.3) is 32.5 Å². The molecule has 0 radical (unpaired) electrons. The van der Waals surface area contributed by atoms with Crippen LogP contribution in [0.1, 0.15) is 63.2 Å². The number of ether oxygens (including phenoxy) is 2. The molecular formula is C44H46N8O7S. The third-order valence-electron chi connectivity index (χ3n) is 11.3. The van der Waals surface area contributed by atoms with Crippen molar-refractivity contribution in [3.63, 3.8) is 0 Å². The second-order valence-electron chi connectivity index (χ2n) is 16.6. The first-order chi connectivity index (χ1) is 28.8. The summed E-state index contributed by atoms with van der Waals surface area (Å²) in [5, 5.41) is 9.39. The van der Waals surface area contributed by atoms with Gasteiger partial charge in [0.1, 0.15) is 40.2 Å². The van der Waals surface area contributed by atoms with Gasteiger partial charge in [0.25, 0.3) is 11.8 Å². The summed E-state index contributed by atoms with van der Waals surface area (Å²) in [6.07, 6.45) is 4.28. The van der Waals surface area contributed by atoms with E-state index in [2.05, 4.69) is 38.0 Å². The molecule has 3 fully saturated rings. The van der Waals surface area contributed by atoms with E-state index in [0.29, 0.717) is 27.3 Å². The zero-order chi connectivity index (χ0) is 42.2. The number of rotatable bonds is 11. The summed E-state index contributed by atoms with van der Waals surface area (Å²) >= 11 is 1.39. The topological polar surface area (TPSA) is 194 Å². The van der Waals surface area contributed by atoms with Crippen LogP contribution in [-0.2, 0) is 19.1 Å². The second kappa shape index (κ2) is 16.3. The van der Waals surface area contributed by atoms with Crippen LogP contribution in [-0.4, -0.2) is 85.9 Å². The van der Waals surface area contributed by atoms with E-state index in [-0.39, 0.29) is 31.4 Å². The lowest BCUT2D eigenvalue weighted by Gasteiger charge is -2.36. The second-order valence-corrected chi connectivity index (χ2v) is 17.5. The number of aromatic nitrogens is 3. The van der Waals surface area contributed by atoms with Crippen molar-refractivity contribution < 1.29 is 33.4 Å². The quantitative estimate of drug-likeness (QED) is 0.0980. The SMILES string of the molecule is C=C[C@@H]1C[C@@]1(NC(=O)[C@@H]1C[C@@H](Oc2nc(-c3ccccn3)nc3ccsc23)CN1C(=O)[C@@H](NC(=O)OC1CCC1)C(C)(C)C)C(=O)NNC(=O)c1ccc2ccccc2c1. The Hall–Kier alpha value is -6.42. The highest BCUT2D eigenvalue weighted by Gasteiger charge is 2.61. The lowest BCUT2D eigenvalue weighted by atomic mass is 9.85. The summed E-state index contributed by atoms with van der Waals surface area (Å²) in [6.45, 7) is 9.28. The predicted molar refractivity (Wildman–Crippen MR) is 224 cm³/mol. The molecule has 1 saturated heterocycles. The Morgan fingerprint density at radius 3 is 2.45 bits per heavy atom. The Morgan fingerprint density at radius 1 is 0.967 bits per heavy atom. The molecule has 15 nitrogen and oxygen atoms in total. The Balaban J connectivity index is 1.04. The highest BCUT2D eigenvalue weighted by molar-refractivity contribution is 7.17. The molecule has 310 valence electrons. The van der Waals surface area contributed by atoms with Gasteiger partial charge in [-0.15, -0.1) is 17.9 Å². The highest BCUT2D eigenvalue weighted by atomic mass is 32.1. The largest absolute Gasteiger partial charge is 0.471 e. The Bertz CT molecular complexity index is 2480. The van der Waals surface area contributed by atoms with Crippen LogP contribution in [0.3, 0.4) is 0 Å². The molecule has 8 rings (SSSR count). The molecule has 1 aliphatic heterocycles. The molecule has 4 heterocycles. The van der Waals surface area contributed by atoms with Gasteiger partial charge in [0.15, 0.2) is 5.82 Å². The zero-order valence-corrected chi connectivity index (χ0v) is 34.3. The first kappa shape index (κ1) is 40.4. The number of hydrazine groups is 1. The number of pyridine rings is 1. The third-order valence-corrected chi connectivity index (χ3v) is 12.2. The van der Waals surface area contributed by atoms with Gasteiger partial charge in [0, 0.05) is 24.1 Å². The van der Waals surface area contributed by atoms with Crippen molar-refractivity contribution in [2.75, 3.05) is 6.54 Å². The van der Waals surface area contributed by atoms with E-state index in [9.17, 15) is 24.0 Å². The minimum absolute atomic E-state index is 0.0336. The van der Waals surface area contributed by atoms with Crippen LogP contribution in [0, 0.1) is 11.3 Å². The van der Waals surface area contributed by atoms with Gasteiger partial charge < -0.3 is 25.0 Å². The molecular weight excluding hydrogens is 785 g/mol. The minimum Gasteiger partial charge on any atom is -0.471 e. The molecule has 5 amide bonds. The maximum Gasteiger partial charge on any atom is 0.408 e. The number of amides is 5. The average Bonchev–Trinajstić information content (AvgIpc) is 3.49. The van der Waals surface area contributed by atoms with Gasteiger partial charge in [-0.1, -0.05) is 63.2 Å². The van der Waals surface area contributed by atoms with E-state index in [1.807, 2.05) is 68.6 Å². The van der Waals surface area contributed by atoms with Crippen molar-refractivity contribution in [3.8, 4) is 17.4 Å². The molecule has 2 aromatic carbocycles. The van der Waals surface area contributed by atoms with Crippen molar-refractivity contribution in [1.82, 2.24) is 41.3 Å². The number of fused-ring (bicyclic) bond motifs is 2. The fraction of sp³-hybridized carbons (Fsp3) is 0.364. The molecule has 5 aromatic rings. The van der Waals surface area contributed by atoms with E-state index in [1.165, 1.54) is 16.2 Å². The van der Waals surface area contributed by atoms with Crippen molar-refractivity contribution in [3.05, 3.63) is 96.5 Å². The van der Waals surface area contributed by atoms with Gasteiger partial charge in [0.2, 0.25) is 17.7 Å². The van der Waals surface area contributed by atoms with Gasteiger partial charge >= 0.3 is 6.09 Å². The number of nitrogens with one attached hydrogen (secondary N) is 4. The molecule has 2 aliphatic carbocycles. The number of benzene rings is 2. The summed E-state index contributed by atoms with van der Waals surface area (Å²) in [6, 6.07) is 17.8. The molecule has 3 aromatic heterocycles. The van der Waals surface area contributed by atoms with Crippen LogP contribution >= 0.6 is 11.3 Å². The summed E-state index contributed by atoms with van der Waals surface area (Å²) in [5.41, 5.74) is 4.27. The lowest BCUT2D eigenvalue weighted by molar-refractivity contribution is -0.143. The minimum atomic E-state index is -1.45. The normalized spacial score (nSPS) is 21.6. The summed E-state index contributed by atoms with van der Waals surface area (Å²) in [5.74, 6) is -2.15. The number of likely N-dealkylation sites (tertiary alicyclic amines) is 1. The van der Waals surface area contributed by atoms with E-state index in [0.717, 1.165) is 30.0 Å². The first-order valence-corrected chi connectivity index (χ1v) is 20.9. The van der Waals surface area contributed by atoms with Crippen LogP contribution < -0.4 is 26.2 Å². The Labute approximate surface area is 350 Å². The maximum absolute atomic E-state index is 14.7. The maximum atomic E-state index is 14.7. The van der Waals surface area contributed by atoms with Gasteiger partial charge in [-0.05, 0) is 77.6 Å². The van der Waals surface area contributed by atoms with E-state index < -0.39 is 64.8 Å². The van der Waals surface area contributed by atoms with E-state index in [1.54, 1.807) is 36.5 Å².